The van der Waals surface area contributed by atoms with Gasteiger partial charge in [-0.05, 0) is 0 Å². The van der Waals surface area contributed by atoms with Gasteiger partial charge < -0.3 is 12.9 Å². The van der Waals surface area contributed by atoms with Crippen molar-refractivity contribution in [1.82, 2.24) is 0 Å². The van der Waals surface area contributed by atoms with Gasteiger partial charge in [-0.1, -0.05) is 0 Å². The van der Waals surface area contributed by atoms with Gasteiger partial charge in [-0.2, -0.15) is 0 Å². The van der Waals surface area contributed by atoms with Crippen LogP contribution in [0.2, 0.25) is 0 Å². The summed E-state index contributed by atoms with van der Waals surface area (Å²) in [6.45, 7) is -5.89. The Balaban J connectivity index is 3.54. The molecule has 0 heterocycles. The number of alkyl halides is 2. The van der Waals surface area contributed by atoms with Gasteiger partial charge in [-0.15, -0.1) is 0 Å². The van der Waals surface area contributed by atoms with Crippen LogP contribution < -0.4 is 0 Å². The molecule has 0 unspecified atom stereocenters. The molecule has 0 radical (unpaired) electrons. The molecule has 0 spiro atoms. The summed E-state index contributed by atoms with van der Waals surface area (Å²) in [6, 6.07) is 0. The summed E-state index contributed by atoms with van der Waals surface area (Å²) >= 11 is 0. The molecule has 0 atom stereocenters. The molecular weight excluding hydrogens is 118 g/mol. The monoisotopic (exact) mass is 119 g/mol. The van der Waals surface area contributed by atoms with E-state index in [1.165, 1.54) is 0 Å². The fourth-order valence-corrected chi connectivity index (χ4v) is 0. The normalized spacial score (nSPS) is 12.9. The molecule has 0 nitrogen and oxygen atoms in total. The Hall–Kier alpha value is -0.285. The molecule has 0 aromatic rings. The van der Waals surface area contributed by atoms with Crippen molar-refractivity contribution in [2.75, 3.05) is 0 Å². The molecule has 0 aromatic carbocycles. The van der Waals surface area contributed by atoms with Gasteiger partial charge in [0.15, 0.2) is 0 Å². The summed E-state index contributed by atoms with van der Waals surface area (Å²) in [6.07, 6.45) is -4.14. The maximum absolute atomic E-state index is 10.5. The summed E-state index contributed by atoms with van der Waals surface area (Å²) in [7, 11) is 0. The van der Waals surface area contributed by atoms with E-state index >= 15 is 0 Å². The molecule has 0 aromatic heterocycles. The zero-order chi connectivity index (χ0) is 6.08. The lowest BCUT2D eigenvalue weighted by Crippen LogP contribution is -2.26. The largest absolute Gasteiger partial charge is 0.544 e. The number of hydrogen-bond acceptors (Lipinski definition) is 0. The second-order valence-corrected chi connectivity index (χ2v) is 0.960. The van der Waals surface area contributed by atoms with E-state index in [4.69, 9.17) is 0 Å². The van der Waals surface area contributed by atoms with Crippen LogP contribution in [0.4, 0.5) is 21.7 Å². The van der Waals surface area contributed by atoms with Crippen molar-refractivity contribution in [3.05, 3.63) is 0 Å². The van der Waals surface area contributed by atoms with Crippen LogP contribution in [0.5, 0.6) is 0 Å². The molecule has 0 aliphatic rings. The molecule has 0 saturated carbocycles. The second kappa shape index (κ2) is 1.67. The van der Waals surface area contributed by atoms with E-state index in [2.05, 4.69) is 0 Å². The van der Waals surface area contributed by atoms with E-state index < -0.39 is 13.3 Å². The highest BCUT2D eigenvalue weighted by Gasteiger charge is 2.35. The van der Waals surface area contributed by atoms with E-state index in [0.29, 0.717) is 0 Å². The highest BCUT2D eigenvalue weighted by molar-refractivity contribution is 6.59. The van der Waals surface area contributed by atoms with Crippen LogP contribution in [-0.4, -0.2) is 13.3 Å². The van der Waals surface area contributed by atoms with Crippen LogP contribution >= 0.6 is 0 Å². The zero-order valence-electron chi connectivity index (χ0n) is 3.04. The summed E-state index contributed by atoms with van der Waals surface area (Å²) in [5.41, 5.74) is 0. The SMILES string of the molecule is FC(F)[B-](F)(F)F. The minimum absolute atomic E-state index is 4.14. The maximum Gasteiger partial charge on any atom is 0.544 e. The molecule has 6 heteroatoms. The molecule has 0 rings (SSSR count). The predicted molar refractivity (Wildman–Crippen MR) is 15.1 cm³/mol. The fourth-order valence-electron chi connectivity index (χ4n) is 0. The Morgan fingerprint density at radius 1 is 1.00 bits per heavy atom. The summed E-state index contributed by atoms with van der Waals surface area (Å²) in [5.74, 6) is 0. The summed E-state index contributed by atoms with van der Waals surface area (Å²) < 4.78 is 52.4. The highest BCUT2D eigenvalue weighted by Crippen LogP contribution is 2.17. The topological polar surface area (TPSA) is 0 Å². The van der Waals surface area contributed by atoms with Gasteiger partial charge in [-0.3, -0.25) is 0 Å². The first-order chi connectivity index (χ1) is 2.94. The molecule has 0 aliphatic carbocycles. The number of hydrogen-bond donors (Lipinski definition) is 0. The van der Waals surface area contributed by atoms with E-state index in [9.17, 15) is 21.7 Å². The Labute approximate surface area is 36.4 Å². The van der Waals surface area contributed by atoms with Crippen molar-refractivity contribution < 1.29 is 21.7 Å². The average molecular weight is 119 g/mol. The predicted octanol–water partition coefficient (Wildman–Crippen LogP) is 1.64. The second-order valence-electron chi connectivity index (χ2n) is 0.960. The van der Waals surface area contributed by atoms with Gasteiger partial charge in [0.25, 0.3) is 0 Å². The molecule has 0 bridgehead atoms. The van der Waals surface area contributed by atoms with Gasteiger partial charge >= 0.3 is 6.98 Å². The molecule has 0 fully saturated rings. The first-order valence-electron chi connectivity index (χ1n) is 1.42. The molecule has 7 heavy (non-hydrogen) atoms. The molecule has 0 aliphatic heterocycles. The number of rotatable bonds is 1. The minimum Gasteiger partial charge on any atom is -0.445 e. The molecule has 0 saturated heterocycles. The highest BCUT2D eigenvalue weighted by atomic mass is 19.4. The van der Waals surface area contributed by atoms with Gasteiger partial charge in [-0.25, -0.2) is 8.78 Å². The van der Waals surface area contributed by atoms with E-state index in [0.717, 1.165) is 0 Å². The summed E-state index contributed by atoms with van der Waals surface area (Å²) in [5, 5.41) is 0. The fraction of sp³-hybridized carbons (Fsp3) is 1.00. The number of halogens is 5. The molecule has 44 valence electrons. The Morgan fingerprint density at radius 3 is 1.14 bits per heavy atom. The van der Waals surface area contributed by atoms with Crippen LogP contribution in [0.25, 0.3) is 0 Å². The average Bonchev–Trinajstić information content (AvgIpc) is 1.31. The lowest BCUT2D eigenvalue weighted by atomic mass is 9.94. The van der Waals surface area contributed by atoms with Crippen molar-refractivity contribution in [3.8, 4) is 0 Å². The van der Waals surface area contributed by atoms with E-state index in [1.807, 2.05) is 0 Å². The van der Waals surface area contributed by atoms with Gasteiger partial charge in [0.05, 0.1) is 0 Å². The lowest BCUT2D eigenvalue weighted by molar-refractivity contribution is 0.173. The first-order valence-corrected chi connectivity index (χ1v) is 1.42. The first kappa shape index (κ1) is 6.71. The van der Waals surface area contributed by atoms with Gasteiger partial charge in [0.1, 0.15) is 0 Å². The van der Waals surface area contributed by atoms with Crippen molar-refractivity contribution in [1.29, 1.82) is 0 Å². The molecule has 0 amide bonds. The van der Waals surface area contributed by atoms with Gasteiger partial charge in [0.2, 0.25) is 6.32 Å². The van der Waals surface area contributed by atoms with Crippen LogP contribution in [0.3, 0.4) is 0 Å². The molecular formula is CHBF5-. The Bertz CT molecular complexity index is 53.6. The van der Waals surface area contributed by atoms with Crippen LogP contribution in [0.15, 0.2) is 0 Å². The third-order valence-electron chi connectivity index (χ3n) is 0.286. The van der Waals surface area contributed by atoms with Crippen molar-refractivity contribution >= 4 is 6.98 Å². The quantitative estimate of drug-likeness (QED) is 0.363. The van der Waals surface area contributed by atoms with Gasteiger partial charge in [0, 0.05) is 0 Å². The van der Waals surface area contributed by atoms with Crippen LogP contribution in [-0.2, 0) is 0 Å². The Kier molecular flexibility index (Phi) is 1.60. The smallest absolute Gasteiger partial charge is 0.445 e. The van der Waals surface area contributed by atoms with Crippen LogP contribution in [0.1, 0.15) is 0 Å². The molecule has 0 N–H and O–H groups in total. The third-order valence-corrected chi connectivity index (χ3v) is 0.286. The third kappa shape index (κ3) is 2.41. The van der Waals surface area contributed by atoms with Crippen LogP contribution in [0, 0.1) is 0 Å². The van der Waals surface area contributed by atoms with E-state index in [1.54, 1.807) is 0 Å². The van der Waals surface area contributed by atoms with Crippen molar-refractivity contribution in [3.63, 3.8) is 0 Å². The minimum atomic E-state index is -5.89. The van der Waals surface area contributed by atoms with Crippen molar-refractivity contribution in [2.45, 2.75) is 6.32 Å². The van der Waals surface area contributed by atoms with Crippen molar-refractivity contribution in [2.24, 2.45) is 0 Å². The zero-order valence-corrected chi connectivity index (χ0v) is 3.04. The maximum atomic E-state index is 10.5. The lowest BCUT2D eigenvalue weighted by Gasteiger charge is -2.09. The summed E-state index contributed by atoms with van der Waals surface area (Å²) in [4.78, 5) is 0. The Morgan fingerprint density at radius 2 is 1.14 bits per heavy atom. The van der Waals surface area contributed by atoms with E-state index in [-0.39, 0.29) is 0 Å². The standard InChI is InChI=1S/CHBF5/c3-1(4)2(5,6)7/h1H/q-1.